The van der Waals surface area contributed by atoms with Crippen molar-refractivity contribution in [2.24, 2.45) is 0 Å². The molecule has 0 spiro atoms. The Bertz CT molecular complexity index is 934. The Kier molecular flexibility index (Phi) is 7.52. The van der Waals surface area contributed by atoms with Gasteiger partial charge in [0.25, 0.3) is 0 Å². The Labute approximate surface area is 184 Å². The van der Waals surface area contributed by atoms with Crippen LogP contribution in [0.5, 0.6) is 0 Å². The summed E-state index contributed by atoms with van der Waals surface area (Å²) in [6, 6.07) is 5.92. The molecule has 2 N–H and O–H groups in total. The predicted molar refractivity (Wildman–Crippen MR) is 117 cm³/mol. The first-order valence-electron chi connectivity index (χ1n) is 9.53. The molecule has 0 saturated heterocycles. The van der Waals surface area contributed by atoms with Gasteiger partial charge in [0.05, 0.1) is 11.7 Å². The number of carbonyl (C=O) groups excluding carboxylic acids is 3. The summed E-state index contributed by atoms with van der Waals surface area (Å²) < 4.78 is 10.9. The highest BCUT2D eigenvalue weighted by atomic mass is 79.9. The lowest BCUT2D eigenvalue weighted by Gasteiger charge is -2.29. The van der Waals surface area contributed by atoms with Gasteiger partial charge < -0.3 is 24.7 Å². The van der Waals surface area contributed by atoms with Crippen molar-refractivity contribution in [2.75, 3.05) is 14.2 Å². The maximum absolute atomic E-state index is 12.9. The molecule has 0 aliphatic heterocycles. The van der Waals surface area contributed by atoms with Gasteiger partial charge in [-0.1, -0.05) is 18.2 Å². The SMILES string of the molecule is COC(=O)C(Cc1c(Br)[nH]c2ccccc12)N(C)C(=O)[C@H](C)NC(=O)OC(C)(C)C. The zero-order chi connectivity index (χ0) is 22.6. The monoisotopic (exact) mass is 481 g/mol. The third kappa shape index (κ3) is 5.75. The smallest absolute Gasteiger partial charge is 0.408 e. The van der Waals surface area contributed by atoms with Crippen molar-refractivity contribution in [3.05, 3.63) is 34.4 Å². The number of esters is 1. The van der Waals surface area contributed by atoms with Gasteiger partial charge >= 0.3 is 12.1 Å². The molecular weight excluding hydrogens is 454 g/mol. The minimum absolute atomic E-state index is 0.235. The van der Waals surface area contributed by atoms with Crippen LogP contribution in [0.25, 0.3) is 10.9 Å². The number of alkyl carbamates (subject to hydrolysis) is 1. The first-order chi connectivity index (χ1) is 13.9. The van der Waals surface area contributed by atoms with Crippen molar-refractivity contribution in [1.82, 2.24) is 15.2 Å². The van der Waals surface area contributed by atoms with E-state index in [1.165, 1.54) is 19.1 Å². The van der Waals surface area contributed by atoms with E-state index in [-0.39, 0.29) is 6.42 Å². The molecule has 30 heavy (non-hydrogen) atoms. The average molecular weight is 482 g/mol. The number of carbonyl (C=O) groups is 3. The molecule has 2 rings (SSSR count). The molecule has 0 saturated carbocycles. The fourth-order valence-corrected chi connectivity index (χ4v) is 3.67. The van der Waals surface area contributed by atoms with Crippen molar-refractivity contribution in [1.29, 1.82) is 0 Å². The molecule has 0 aliphatic rings. The van der Waals surface area contributed by atoms with E-state index in [0.717, 1.165) is 21.1 Å². The first kappa shape index (κ1) is 23.7. The van der Waals surface area contributed by atoms with Crippen molar-refractivity contribution >= 4 is 44.8 Å². The van der Waals surface area contributed by atoms with E-state index in [2.05, 4.69) is 26.2 Å². The van der Waals surface area contributed by atoms with Gasteiger partial charge in [-0.2, -0.15) is 0 Å². The van der Waals surface area contributed by atoms with Gasteiger partial charge in [-0.05, 0) is 55.3 Å². The van der Waals surface area contributed by atoms with Crippen molar-refractivity contribution in [3.8, 4) is 0 Å². The van der Waals surface area contributed by atoms with E-state index >= 15 is 0 Å². The van der Waals surface area contributed by atoms with Gasteiger partial charge in [-0.15, -0.1) is 0 Å². The zero-order valence-electron chi connectivity index (χ0n) is 18.0. The van der Waals surface area contributed by atoms with Gasteiger partial charge in [-0.25, -0.2) is 9.59 Å². The molecule has 2 atom stereocenters. The minimum atomic E-state index is -0.886. The Morgan fingerprint density at radius 3 is 2.47 bits per heavy atom. The number of nitrogens with zero attached hydrogens (tertiary/aromatic N) is 1. The fraction of sp³-hybridized carbons (Fsp3) is 0.476. The average Bonchev–Trinajstić information content (AvgIpc) is 2.97. The van der Waals surface area contributed by atoms with Gasteiger partial charge in [-0.3, -0.25) is 4.79 Å². The Morgan fingerprint density at radius 1 is 1.23 bits per heavy atom. The number of nitrogens with one attached hydrogen (secondary N) is 2. The van der Waals surface area contributed by atoms with Crippen LogP contribution in [0.3, 0.4) is 0 Å². The summed E-state index contributed by atoms with van der Waals surface area (Å²) in [6.07, 6.45) is -0.468. The number of methoxy groups -OCH3 is 1. The summed E-state index contributed by atoms with van der Waals surface area (Å²) in [5.41, 5.74) is 1.08. The molecule has 0 bridgehead atoms. The lowest BCUT2D eigenvalue weighted by atomic mass is 10.0. The Morgan fingerprint density at radius 2 is 1.87 bits per heavy atom. The van der Waals surface area contributed by atoms with Crippen LogP contribution in [0.4, 0.5) is 4.79 Å². The molecule has 1 heterocycles. The third-order valence-electron chi connectivity index (χ3n) is 4.55. The summed E-state index contributed by atoms with van der Waals surface area (Å²) in [6.45, 7) is 6.74. The number of benzene rings is 1. The van der Waals surface area contributed by atoms with E-state index in [1.807, 2.05) is 24.3 Å². The van der Waals surface area contributed by atoms with Crippen molar-refractivity contribution in [3.63, 3.8) is 0 Å². The lowest BCUT2D eigenvalue weighted by molar-refractivity contribution is -0.152. The summed E-state index contributed by atoms with van der Waals surface area (Å²) in [7, 11) is 2.79. The number of fused-ring (bicyclic) bond motifs is 1. The highest BCUT2D eigenvalue weighted by Crippen LogP contribution is 2.28. The van der Waals surface area contributed by atoms with E-state index in [9.17, 15) is 14.4 Å². The van der Waals surface area contributed by atoms with Crippen LogP contribution in [0.15, 0.2) is 28.9 Å². The van der Waals surface area contributed by atoms with Crippen LogP contribution < -0.4 is 5.32 Å². The molecule has 1 aromatic carbocycles. The number of amides is 2. The van der Waals surface area contributed by atoms with Crippen LogP contribution in [0.1, 0.15) is 33.3 Å². The second-order valence-corrected chi connectivity index (χ2v) is 8.82. The van der Waals surface area contributed by atoms with Crippen LogP contribution in [-0.4, -0.2) is 59.7 Å². The molecule has 2 aromatic rings. The number of rotatable bonds is 6. The van der Waals surface area contributed by atoms with Crippen LogP contribution in [0, 0.1) is 0 Å². The lowest BCUT2D eigenvalue weighted by Crippen LogP contribution is -2.52. The molecule has 0 fully saturated rings. The maximum Gasteiger partial charge on any atom is 0.408 e. The summed E-state index contributed by atoms with van der Waals surface area (Å²) in [4.78, 5) is 41.9. The van der Waals surface area contributed by atoms with E-state index in [1.54, 1.807) is 27.7 Å². The summed E-state index contributed by atoms with van der Waals surface area (Å²) >= 11 is 3.50. The number of hydrogen-bond acceptors (Lipinski definition) is 5. The van der Waals surface area contributed by atoms with Gasteiger partial charge in [0.2, 0.25) is 5.91 Å². The fourth-order valence-electron chi connectivity index (χ4n) is 3.08. The van der Waals surface area contributed by atoms with Gasteiger partial charge in [0, 0.05) is 24.4 Å². The van der Waals surface area contributed by atoms with Crippen LogP contribution in [-0.2, 0) is 25.5 Å². The highest BCUT2D eigenvalue weighted by molar-refractivity contribution is 9.10. The van der Waals surface area contributed by atoms with Crippen LogP contribution >= 0.6 is 15.9 Å². The summed E-state index contributed by atoms with van der Waals surface area (Å²) in [5.74, 6) is -0.986. The number of aromatic amines is 1. The first-order valence-corrected chi connectivity index (χ1v) is 10.3. The quantitative estimate of drug-likeness (QED) is 0.615. The predicted octanol–water partition coefficient (Wildman–Crippen LogP) is 3.39. The Hall–Kier alpha value is -2.55. The van der Waals surface area contributed by atoms with Crippen LogP contribution in [0.2, 0.25) is 0 Å². The van der Waals surface area contributed by atoms with Gasteiger partial charge in [0.1, 0.15) is 17.7 Å². The number of halogens is 1. The number of H-pyrrole nitrogens is 1. The molecular formula is C21H28BrN3O5. The highest BCUT2D eigenvalue weighted by Gasteiger charge is 2.33. The topological polar surface area (TPSA) is 101 Å². The Balaban J connectivity index is 2.21. The van der Waals surface area contributed by atoms with Crippen molar-refractivity contribution < 1.29 is 23.9 Å². The standard InChI is InChI=1S/C21H28BrN3O5/c1-12(23-20(28)30-21(2,3)4)18(26)25(5)16(19(27)29-6)11-14-13-9-7-8-10-15(13)24-17(14)22/h7-10,12,16,24H,11H2,1-6H3,(H,23,28)/t12-,16?/m0/s1. The van der Waals surface area contributed by atoms with Gasteiger partial charge in [0.15, 0.2) is 0 Å². The summed E-state index contributed by atoms with van der Waals surface area (Å²) in [5, 5.41) is 3.45. The maximum atomic E-state index is 12.9. The normalized spacial score (nSPS) is 13.4. The third-order valence-corrected chi connectivity index (χ3v) is 5.23. The number of hydrogen-bond donors (Lipinski definition) is 2. The molecule has 164 valence electrons. The molecule has 1 aromatic heterocycles. The van der Waals surface area contributed by atoms with E-state index in [4.69, 9.17) is 9.47 Å². The van der Waals surface area contributed by atoms with Crippen molar-refractivity contribution in [2.45, 2.75) is 51.8 Å². The van der Waals surface area contributed by atoms with E-state index in [0.29, 0.717) is 0 Å². The molecule has 2 amide bonds. The second kappa shape index (κ2) is 9.51. The van der Waals surface area contributed by atoms with E-state index < -0.39 is 35.7 Å². The number of aromatic nitrogens is 1. The second-order valence-electron chi connectivity index (χ2n) is 8.02. The zero-order valence-corrected chi connectivity index (χ0v) is 19.6. The molecule has 9 heteroatoms. The number of likely N-dealkylation sites (N-methyl/N-ethyl adjacent to an activating group) is 1. The largest absolute Gasteiger partial charge is 0.467 e. The molecule has 0 aliphatic carbocycles. The molecule has 1 unspecified atom stereocenters. The number of ether oxygens (including phenoxy) is 2. The molecule has 8 nitrogen and oxygen atoms in total. The molecule has 0 radical (unpaired) electrons. The minimum Gasteiger partial charge on any atom is -0.467 e. The number of para-hydroxylation sites is 1.